The maximum absolute atomic E-state index is 5.97. The summed E-state index contributed by atoms with van der Waals surface area (Å²) in [6, 6.07) is 14.3. The summed E-state index contributed by atoms with van der Waals surface area (Å²) in [5.41, 5.74) is 4.89. The Morgan fingerprint density at radius 3 is 2.71 bits per heavy atom. The third-order valence-electron chi connectivity index (χ3n) is 4.69. The molecule has 0 atom stereocenters. The zero-order valence-electron chi connectivity index (χ0n) is 15.0. The van der Waals surface area contributed by atoms with E-state index in [0.29, 0.717) is 12.5 Å². The lowest BCUT2D eigenvalue weighted by Crippen LogP contribution is -2.04. The summed E-state index contributed by atoms with van der Waals surface area (Å²) in [4.78, 5) is 20.4. The highest BCUT2D eigenvalue weighted by atomic mass is 16.5. The van der Waals surface area contributed by atoms with E-state index >= 15 is 0 Å². The zero-order chi connectivity index (χ0) is 18.8. The van der Waals surface area contributed by atoms with Gasteiger partial charge in [-0.2, -0.15) is 0 Å². The molecule has 0 saturated heterocycles. The van der Waals surface area contributed by atoms with Crippen molar-refractivity contribution in [2.75, 3.05) is 6.61 Å². The van der Waals surface area contributed by atoms with Crippen LogP contribution in [0.25, 0.3) is 33.1 Å². The Bertz CT molecular complexity index is 1250. The molecule has 5 aromatic rings. The predicted molar refractivity (Wildman–Crippen MR) is 108 cm³/mol. The quantitative estimate of drug-likeness (QED) is 0.504. The standard InChI is InChI=1S/C22H17N5O/c1-2-6-20-18(4-1)19-10-15(11-26-21(19)27-20)7-9-28-22-17(5-3-8-25-22)16-12-23-14-24-13-16/h1-6,8,10-14H,7,9H2,(H,26,27). The van der Waals surface area contributed by atoms with Crippen LogP contribution in [0.1, 0.15) is 5.56 Å². The van der Waals surface area contributed by atoms with Crippen molar-refractivity contribution in [2.45, 2.75) is 6.42 Å². The molecule has 0 bridgehead atoms. The first-order valence-electron chi connectivity index (χ1n) is 9.07. The smallest absolute Gasteiger partial charge is 0.221 e. The molecule has 0 aliphatic rings. The van der Waals surface area contributed by atoms with Crippen molar-refractivity contribution in [3.8, 4) is 17.0 Å². The number of hydrogen-bond donors (Lipinski definition) is 1. The molecule has 0 saturated carbocycles. The van der Waals surface area contributed by atoms with Crippen LogP contribution >= 0.6 is 0 Å². The van der Waals surface area contributed by atoms with Crippen molar-refractivity contribution in [3.63, 3.8) is 0 Å². The molecule has 0 aliphatic heterocycles. The van der Waals surface area contributed by atoms with Gasteiger partial charge in [0.1, 0.15) is 12.0 Å². The molecule has 4 aromatic heterocycles. The van der Waals surface area contributed by atoms with Crippen molar-refractivity contribution in [2.24, 2.45) is 0 Å². The third kappa shape index (κ3) is 3.05. The minimum Gasteiger partial charge on any atom is -0.477 e. The van der Waals surface area contributed by atoms with Crippen LogP contribution in [-0.2, 0) is 6.42 Å². The second kappa shape index (κ2) is 7.08. The van der Waals surface area contributed by atoms with E-state index in [2.05, 4.69) is 43.1 Å². The lowest BCUT2D eigenvalue weighted by Gasteiger charge is -2.10. The fourth-order valence-electron chi connectivity index (χ4n) is 3.33. The molecule has 0 spiro atoms. The van der Waals surface area contributed by atoms with Crippen LogP contribution in [0, 0.1) is 0 Å². The van der Waals surface area contributed by atoms with Crippen LogP contribution in [0.15, 0.2) is 73.6 Å². The van der Waals surface area contributed by atoms with Crippen molar-refractivity contribution in [1.29, 1.82) is 0 Å². The van der Waals surface area contributed by atoms with Gasteiger partial charge in [-0.15, -0.1) is 0 Å². The highest BCUT2D eigenvalue weighted by Crippen LogP contribution is 2.27. The molecule has 6 nitrogen and oxygen atoms in total. The summed E-state index contributed by atoms with van der Waals surface area (Å²) in [6.07, 6.45) is 9.38. The number of H-pyrrole nitrogens is 1. The predicted octanol–water partition coefficient (Wildman–Crippen LogP) is 4.19. The van der Waals surface area contributed by atoms with Crippen molar-refractivity contribution >= 4 is 21.9 Å². The first-order valence-corrected chi connectivity index (χ1v) is 9.07. The molecule has 136 valence electrons. The SMILES string of the molecule is c1cnc(OCCc2cnc3[nH]c4ccccc4c3c2)c(-c2cncnc2)c1. The number of aromatic amines is 1. The number of hydrogen-bond acceptors (Lipinski definition) is 5. The van der Waals surface area contributed by atoms with Gasteiger partial charge in [0.25, 0.3) is 0 Å². The third-order valence-corrected chi connectivity index (χ3v) is 4.69. The van der Waals surface area contributed by atoms with Gasteiger partial charge in [-0.1, -0.05) is 18.2 Å². The monoisotopic (exact) mass is 367 g/mol. The van der Waals surface area contributed by atoms with Crippen molar-refractivity contribution < 1.29 is 4.74 Å². The Hall–Kier alpha value is -3.80. The highest BCUT2D eigenvalue weighted by molar-refractivity contribution is 6.05. The van der Waals surface area contributed by atoms with E-state index in [4.69, 9.17) is 4.74 Å². The van der Waals surface area contributed by atoms with Gasteiger partial charge in [0.05, 0.1) is 6.61 Å². The lowest BCUT2D eigenvalue weighted by molar-refractivity contribution is 0.311. The minimum atomic E-state index is 0.507. The van der Waals surface area contributed by atoms with Crippen LogP contribution in [0.5, 0.6) is 5.88 Å². The highest BCUT2D eigenvalue weighted by Gasteiger charge is 2.09. The largest absolute Gasteiger partial charge is 0.477 e. The van der Waals surface area contributed by atoms with Crippen molar-refractivity contribution in [3.05, 3.63) is 79.1 Å². The Labute approximate surface area is 161 Å². The molecule has 1 aromatic carbocycles. The molecular formula is C22H17N5O. The van der Waals surface area contributed by atoms with Gasteiger partial charge >= 0.3 is 0 Å². The van der Waals surface area contributed by atoms with Gasteiger partial charge in [-0.3, -0.25) is 0 Å². The number of pyridine rings is 2. The zero-order valence-corrected chi connectivity index (χ0v) is 15.0. The van der Waals surface area contributed by atoms with E-state index < -0.39 is 0 Å². The molecule has 5 rings (SSSR count). The molecule has 0 fully saturated rings. The molecule has 0 unspecified atom stereocenters. The van der Waals surface area contributed by atoms with Crippen LogP contribution in [-0.4, -0.2) is 31.5 Å². The second-order valence-electron chi connectivity index (χ2n) is 6.49. The number of fused-ring (bicyclic) bond motifs is 3. The summed E-state index contributed by atoms with van der Waals surface area (Å²) in [7, 11) is 0. The van der Waals surface area contributed by atoms with Crippen LogP contribution in [0.2, 0.25) is 0 Å². The normalized spacial score (nSPS) is 11.1. The Morgan fingerprint density at radius 2 is 1.79 bits per heavy atom. The van der Waals surface area contributed by atoms with Crippen LogP contribution in [0.3, 0.4) is 0 Å². The van der Waals surface area contributed by atoms with Gasteiger partial charge < -0.3 is 9.72 Å². The Morgan fingerprint density at radius 1 is 0.893 bits per heavy atom. The summed E-state index contributed by atoms with van der Waals surface area (Å²) >= 11 is 0. The number of nitrogens with one attached hydrogen (secondary N) is 1. The molecule has 1 N–H and O–H groups in total. The van der Waals surface area contributed by atoms with E-state index in [-0.39, 0.29) is 0 Å². The van der Waals surface area contributed by atoms with Crippen LogP contribution in [0.4, 0.5) is 0 Å². The van der Waals surface area contributed by atoms with Gasteiger partial charge in [-0.05, 0) is 29.8 Å². The fourth-order valence-corrected chi connectivity index (χ4v) is 3.33. The molecule has 0 radical (unpaired) electrons. The van der Waals surface area contributed by atoms with Gasteiger partial charge in [0.15, 0.2) is 0 Å². The summed E-state index contributed by atoms with van der Waals surface area (Å²) < 4.78 is 5.97. The topological polar surface area (TPSA) is 76.6 Å². The van der Waals surface area contributed by atoms with Crippen LogP contribution < -0.4 is 4.74 Å². The number of ether oxygens (including phenoxy) is 1. The van der Waals surface area contributed by atoms with E-state index in [1.165, 1.54) is 11.7 Å². The first kappa shape index (κ1) is 16.4. The van der Waals surface area contributed by atoms with Gasteiger partial charge in [-0.25, -0.2) is 19.9 Å². The number of aromatic nitrogens is 5. The molecule has 0 amide bonds. The fraction of sp³-hybridized carbons (Fsp3) is 0.0909. The average molecular weight is 367 g/mol. The lowest BCUT2D eigenvalue weighted by atomic mass is 10.1. The van der Waals surface area contributed by atoms with Crippen molar-refractivity contribution in [1.82, 2.24) is 24.9 Å². The van der Waals surface area contributed by atoms with E-state index in [1.54, 1.807) is 18.6 Å². The summed E-state index contributed by atoms with van der Waals surface area (Å²) in [6.45, 7) is 0.507. The number of rotatable bonds is 5. The number of benzene rings is 1. The molecule has 0 aliphatic carbocycles. The minimum absolute atomic E-state index is 0.507. The number of para-hydroxylation sites is 1. The maximum Gasteiger partial charge on any atom is 0.221 e. The maximum atomic E-state index is 5.97. The van der Waals surface area contributed by atoms with E-state index in [0.717, 1.165) is 39.7 Å². The molecular weight excluding hydrogens is 350 g/mol. The summed E-state index contributed by atoms with van der Waals surface area (Å²) in [5.74, 6) is 0.582. The van der Waals surface area contributed by atoms with Gasteiger partial charge in [0.2, 0.25) is 5.88 Å². The Kier molecular flexibility index (Phi) is 4.14. The molecule has 6 heteroatoms. The first-order chi connectivity index (χ1) is 13.9. The molecule has 4 heterocycles. The molecule has 28 heavy (non-hydrogen) atoms. The second-order valence-corrected chi connectivity index (χ2v) is 6.49. The average Bonchev–Trinajstić information content (AvgIpc) is 3.13. The van der Waals surface area contributed by atoms with E-state index in [9.17, 15) is 0 Å². The van der Waals surface area contributed by atoms with Gasteiger partial charge in [0, 0.05) is 58.6 Å². The Balaban J connectivity index is 1.36. The summed E-state index contributed by atoms with van der Waals surface area (Å²) in [5, 5.41) is 2.32. The van der Waals surface area contributed by atoms with E-state index in [1.807, 2.05) is 30.5 Å². The number of nitrogens with zero attached hydrogens (tertiary/aromatic N) is 4.